The summed E-state index contributed by atoms with van der Waals surface area (Å²) in [4.78, 5) is 31.5. The Balaban J connectivity index is 1.40. The molecule has 0 radical (unpaired) electrons. The summed E-state index contributed by atoms with van der Waals surface area (Å²) in [5.74, 6) is 0. The fraction of sp³-hybridized carbons (Fsp3) is 0.111. The van der Waals surface area contributed by atoms with Gasteiger partial charge in [-0.1, -0.05) is 30.3 Å². The summed E-state index contributed by atoms with van der Waals surface area (Å²) in [6, 6.07) is 21.3. The number of para-hydroxylation sites is 1. The minimum atomic E-state index is -0.441. The lowest BCUT2D eigenvalue weighted by Crippen LogP contribution is -2.19. The molecule has 184 valence electrons. The molecule has 0 aliphatic rings. The van der Waals surface area contributed by atoms with Gasteiger partial charge in [0.2, 0.25) is 0 Å². The number of azo groups is 1. The van der Waals surface area contributed by atoms with Crippen LogP contribution in [0.5, 0.6) is 0 Å². The number of nitro groups is 1. The maximum Gasteiger partial charge on any atom is 0.297 e. The number of hydrogen-bond donors (Lipinski definition) is 1. The number of rotatable bonds is 6. The van der Waals surface area contributed by atoms with Crippen LogP contribution >= 0.6 is 0 Å². The number of aromatic nitrogens is 3. The molecule has 0 amide bonds. The van der Waals surface area contributed by atoms with E-state index in [1.165, 1.54) is 12.1 Å². The molecule has 2 aromatic heterocycles. The third kappa shape index (κ3) is 4.47. The number of aliphatic imine (C=N–C) groups is 1. The van der Waals surface area contributed by atoms with Gasteiger partial charge in [-0.3, -0.25) is 19.6 Å². The minimum absolute atomic E-state index is 0.00755. The van der Waals surface area contributed by atoms with Crippen LogP contribution in [0.15, 0.2) is 99.0 Å². The lowest BCUT2D eigenvalue weighted by Gasteiger charge is -2.07. The summed E-state index contributed by atoms with van der Waals surface area (Å²) in [5.41, 5.74) is 5.13. The van der Waals surface area contributed by atoms with E-state index in [1.54, 1.807) is 33.8 Å². The molecule has 0 aliphatic carbocycles. The van der Waals surface area contributed by atoms with Gasteiger partial charge in [0.25, 0.3) is 11.2 Å². The Morgan fingerprint density at radius 3 is 2.43 bits per heavy atom. The molecule has 1 N–H and O–H groups in total. The second-order valence-corrected chi connectivity index (χ2v) is 8.52. The first-order chi connectivity index (χ1) is 17.8. The molecule has 0 bridgehead atoms. The molecule has 5 aromatic rings. The summed E-state index contributed by atoms with van der Waals surface area (Å²) in [7, 11) is 1.84. The molecule has 3 aromatic carbocycles. The van der Waals surface area contributed by atoms with Gasteiger partial charge in [0, 0.05) is 42.0 Å². The molecule has 0 atom stereocenters. The number of non-ortho nitro benzene ring substituents is 1. The molecule has 0 saturated heterocycles. The molecule has 0 saturated carbocycles. The fourth-order valence-corrected chi connectivity index (χ4v) is 4.09. The van der Waals surface area contributed by atoms with E-state index in [2.05, 4.69) is 20.2 Å². The smallest absolute Gasteiger partial charge is 0.297 e. The predicted octanol–water partition coefficient (Wildman–Crippen LogP) is 6.43. The van der Waals surface area contributed by atoms with Gasteiger partial charge in [-0.05, 0) is 49.7 Å². The Morgan fingerprint density at radius 2 is 1.73 bits per heavy atom. The second-order valence-electron chi connectivity index (χ2n) is 8.52. The Morgan fingerprint density at radius 1 is 1.00 bits per heavy atom. The van der Waals surface area contributed by atoms with E-state index in [4.69, 9.17) is 0 Å². The van der Waals surface area contributed by atoms with E-state index in [-0.39, 0.29) is 11.2 Å². The molecule has 2 heterocycles. The maximum absolute atomic E-state index is 13.1. The van der Waals surface area contributed by atoms with E-state index in [0.717, 1.165) is 22.5 Å². The Hall–Kier alpha value is -5.12. The zero-order chi connectivity index (χ0) is 26.1. The van der Waals surface area contributed by atoms with Crippen molar-refractivity contribution in [3.8, 4) is 5.69 Å². The van der Waals surface area contributed by atoms with E-state index >= 15 is 0 Å². The standard InChI is InChI=1S/C27H23N7O3/c1-17(29-26-18(2)32(3)33(27(26)35)21-7-5-4-6-8-21)19-9-11-20(12-10-19)30-31-25-16-28-24-14-13-22(34(36)37)15-23(24)25/h4-16,28H,1-3H3. The Kier molecular flexibility index (Phi) is 6.06. The van der Waals surface area contributed by atoms with Crippen LogP contribution in [0, 0.1) is 17.0 Å². The highest BCUT2D eigenvalue weighted by Gasteiger charge is 2.16. The van der Waals surface area contributed by atoms with Crippen LogP contribution in [0.2, 0.25) is 0 Å². The quantitative estimate of drug-likeness (QED) is 0.127. The molecule has 0 aliphatic heterocycles. The fourth-order valence-electron chi connectivity index (χ4n) is 4.09. The molecular formula is C27H23N7O3. The summed E-state index contributed by atoms with van der Waals surface area (Å²) >= 11 is 0. The third-order valence-electron chi connectivity index (χ3n) is 6.22. The molecule has 10 heteroatoms. The zero-order valence-electron chi connectivity index (χ0n) is 20.4. The van der Waals surface area contributed by atoms with Crippen molar-refractivity contribution in [1.82, 2.24) is 14.3 Å². The summed E-state index contributed by atoms with van der Waals surface area (Å²) < 4.78 is 3.40. The summed E-state index contributed by atoms with van der Waals surface area (Å²) in [6.45, 7) is 3.73. The van der Waals surface area contributed by atoms with Crippen molar-refractivity contribution >= 4 is 39.4 Å². The zero-order valence-corrected chi connectivity index (χ0v) is 20.4. The van der Waals surface area contributed by atoms with Crippen molar-refractivity contribution in [2.24, 2.45) is 22.3 Å². The molecule has 0 spiro atoms. The number of nitrogens with one attached hydrogen (secondary N) is 1. The van der Waals surface area contributed by atoms with Gasteiger partial charge < -0.3 is 4.98 Å². The van der Waals surface area contributed by atoms with Crippen LogP contribution in [-0.4, -0.2) is 25.0 Å². The topological polar surface area (TPSA) is 123 Å². The van der Waals surface area contributed by atoms with Gasteiger partial charge >= 0.3 is 0 Å². The van der Waals surface area contributed by atoms with Gasteiger partial charge in [-0.15, -0.1) is 5.11 Å². The molecule has 5 rings (SSSR count). The first-order valence-electron chi connectivity index (χ1n) is 11.5. The maximum atomic E-state index is 13.1. The normalized spacial score (nSPS) is 12.0. The molecule has 0 unspecified atom stereocenters. The van der Waals surface area contributed by atoms with Crippen LogP contribution in [0.4, 0.5) is 22.7 Å². The second kappa shape index (κ2) is 9.50. The average molecular weight is 494 g/mol. The highest BCUT2D eigenvalue weighted by Crippen LogP contribution is 2.30. The van der Waals surface area contributed by atoms with Crippen molar-refractivity contribution in [2.75, 3.05) is 0 Å². The van der Waals surface area contributed by atoms with Crippen molar-refractivity contribution < 1.29 is 4.92 Å². The summed E-state index contributed by atoms with van der Waals surface area (Å²) in [6.07, 6.45) is 1.66. The lowest BCUT2D eigenvalue weighted by atomic mass is 10.1. The largest absolute Gasteiger partial charge is 0.359 e. The van der Waals surface area contributed by atoms with Crippen molar-refractivity contribution in [3.05, 3.63) is 111 Å². The van der Waals surface area contributed by atoms with Gasteiger partial charge in [0.15, 0.2) is 5.69 Å². The Labute approximate surface area is 211 Å². The minimum Gasteiger partial charge on any atom is -0.359 e. The highest BCUT2D eigenvalue weighted by atomic mass is 16.6. The first kappa shape index (κ1) is 23.6. The number of nitrogens with zero attached hydrogens (tertiary/aromatic N) is 6. The van der Waals surface area contributed by atoms with E-state index < -0.39 is 4.92 Å². The molecule has 37 heavy (non-hydrogen) atoms. The first-order valence-corrected chi connectivity index (χ1v) is 11.5. The lowest BCUT2D eigenvalue weighted by molar-refractivity contribution is -0.384. The average Bonchev–Trinajstić information content (AvgIpc) is 3.41. The van der Waals surface area contributed by atoms with Gasteiger partial charge in [0.1, 0.15) is 5.69 Å². The predicted molar refractivity (Wildman–Crippen MR) is 143 cm³/mol. The number of fused-ring (bicyclic) bond motifs is 1. The van der Waals surface area contributed by atoms with Crippen LogP contribution in [0.25, 0.3) is 16.6 Å². The van der Waals surface area contributed by atoms with Crippen LogP contribution in [-0.2, 0) is 7.05 Å². The van der Waals surface area contributed by atoms with Crippen LogP contribution in [0.3, 0.4) is 0 Å². The van der Waals surface area contributed by atoms with Gasteiger partial charge in [-0.25, -0.2) is 9.67 Å². The highest BCUT2D eigenvalue weighted by molar-refractivity contribution is 6.00. The number of benzene rings is 3. The van der Waals surface area contributed by atoms with Gasteiger partial charge in [-0.2, -0.15) is 5.11 Å². The molecule has 10 nitrogen and oxygen atoms in total. The van der Waals surface area contributed by atoms with Crippen molar-refractivity contribution in [2.45, 2.75) is 13.8 Å². The SMILES string of the molecule is CC(=Nc1c(C)n(C)n(-c2ccccc2)c1=O)c1ccc(N=Nc2c[nH]c3ccc([N+](=O)[O-])cc23)cc1. The van der Waals surface area contributed by atoms with E-state index in [1.807, 2.05) is 63.4 Å². The van der Waals surface area contributed by atoms with Crippen molar-refractivity contribution in [3.63, 3.8) is 0 Å². The van der Waals surface area contributed by atoms with Gasteiger partial charge in [0.05, 0.1) is 22.0 Å². The van der Waals surface area contributed by atoms with Crippen LogP contribution in [0.1, 0.15) is 18.2 Å². The van der Waals surface area contributed by atoms with E-state index in [9.17, 15) is 14.9 Å². The monoisotopic (exact) mass is 493 g/mol. The molecule has 0 fully saturated rings. The number of nitro benzene ring substituents is 1. The number of hydrogen-bond acceptors (Lipinski definition) is 6. The number of H-pyrrole nitrogens is 1. The summed E-state index contributed by atoms with van der Waals surface area (Å²) in [5, 5.41) is 20.3. The number of aromatic amines is 1. The third-order valence-corrected chi connectivity index (χ3v) is 6.22. The molecular weight excluding hydrogens is 470 g/mol. The van der Waals surface area contributed by atoms with Crippen molar-refractivity contribution in [1.29, 1.82) is 0 Å². The Bertz CT molecular complexity index is 1740. The van der Waals surface area contributed by atoms with E-state index in [0.29, 0.717) is 28.2 Å². The van der Waals surface area contributed by atoms with Crippen LogP contribution < -0.4 is 5.56 Å².